The zero-order chi connectivity index (χ0) is 21.6. The van der Waals surface area contributed by atoms with E-state index in [1.165, 1.54) is 43.7 Å². The van der Waals surface area contributed by atoms with Crippen molar-refractivity contribution in [2.24, 2.45) is 28.2 Å². The maximum absolute atomic E-state index is 13.2. The Labute approximate surface area is 180 Å². The Balaban J connectivity index is 1.27. The summed E-state index contributed by atoms with van der Waals surface area (Å²) in [5.74, 6) is 2.25. The first-order valence-corrected chi connectivity index (χ1v) is 10.8. The molecule has 0 aliphatic heterocycles. The van der Waals surface area contributed by atoms with Gasteiger partial charge in [-0.15, -0.1) is 0 Å². The summed E-state index contributed by atoms with van der Waals surface area (Å²) in [6.07, 6.45) is 8.39. The Morgan fingerprint density at radius 1 is 1.06 bits per heavy atom. The van der Waals surface area contributed by atoms with Crippen molar-refractivity contribution in [3.63, 3.8) is 0 Å². The van der Waals surface area contributed by atoms with E-state index in [2.05, 4.69) is 10.3 Å². The van der Waals surface area contributed by atoms with E-state index in [0.717, 1.165) is 42.7 Å². The van der Waals surface area contributed by atoms with Gasteiger partial charge in [0.05, 0.1) is 16.0 Å². The molecule has 1 amide bonds. The molecule has 0 saturated heterocycles. The number of nitro groups is 1. The standard InChI is InChI=1S/C24H25N3O4/c28-22-6-5-21(27(30)31)10-18(22)14-25-19-1-3-20(4-2-19)26-23(29)24-11-15-7-16(12-24)9-17(8-15)13-24/h1-6,10,14-17,28H,7-9,11-13H2,(H,26,29). The maximum atomic E-state index is 13.2. The number of rotatable bonds is 5. The molecular formula is C24H25N3O4. The lowest BCUT2D eigenvalue weighted by atomic mass is 9.49. The zero-order valence-corrected chi connectivity index (χ0v) is 17.2. The van der Waals surface area contributed by atoms with Gasteiger partial charge in [0.1, 0.15) is 5.75 Å². The Morgan fingerprint density at radius 2 is 1.68 bits per heavy atom. The SMILES string of the molecule is O=C(Nc1ccc(N=Cc2cc([N+](=O)[O-])ccc2O)cc1)C12CC3CC(CC(C3)C1)C2. The number of amides is 1. The summed E-state index contributed by atoms with van der Waals surface area (Å²) in [6.45, 7) is 0. The predicted octanol–water partition coefficient (Wildman–Crippen LogP) is 5.21. The Hall–Kier alpha value is -3.22. The molecule has 4 aliphatic carbocycles. The van der Waals surface area contributed by atoms with E-state index in [9.17, 15) is 20.0 Å². The van der Waals surface area contributed by atoms with Crippen LogP contribution in [0.3, 0.4) is 0 Å². The molecule has 0 unspecified atom stereocenters. The average molecular weight is 419 g/mol. The molecule has 31 heavy (non-hydrogen) atoms. The van der Waals surface area contributed by atoms with E-state index in [-0.39, 0.29) is 28.3 Å². The van der Waals surface area contributed by atoms with Gasteiger partial charge in [-0.05, 0) is 86.6 Å². The third-order valence-electron chi connectivity index (χ3n) is 7.22. The van der Waals surface area contributed by atoms with E-state index >= 15 is 0 Å². The zero-order valence-electron chi connectivity index (χ0n) is 17.2. The molecule has 0 atom stereocenters. The van der Waals surface area contributed by atoms with Crippen molar-refractivity contribution in [3.05, 3.63) is 58.1 Å². The summed E-state index contributed by atoms with van der Waals surface area (Å²) in [5.41, 5.74) is 1.34. The summed E-state index contributed by atoms with van der Waals surface area (Å²) in [5, 5.41) is 23.9. The minimum Gasteiger partial charge on any atom is -0.507 e. The van der Waals surface area contributed by atoms with Crippen LogP contribution in [-0.2, 0) is 4.79 Å². The maximum Gasteiger partial charge on any atom is 0.270 e. The molecule has 2 aromatic rings. The number of nitrogens with one attached hydrogen (secondary N) is 1. The number of carbonyl (C=O) groups excluding carboxylic acids is 1. The number of non-ortho nitro benzene ring substituents is 1. The van der Waals surface area contributed by atoms with Crippen LogP contribution in [0.1, 0.15) is 44.1 Å². The second-order valence-corrected chi connectivity index (χ2v) is 9.46. The number of phenolic OH excluding ortho intramolecular Hbond substituents is 1. The minimum atomic E-state index is -0.516. The van der Waals surface area contributed by atoms with E-state index in [1.807, 2.05) is 12.1 Å². The molecule has 4 aliphatic rings. The molecule has 0 aromatic heterocycles. The Morgan fingerprint density at radius 3 is 2.26 bits per heavy atom. The molecule has 160 valence electrons. The van der Waals surface area contributed by atoms with Gasteiger partial charge in [0.2, 0.25) is 5.91 Å². The smallest absolute Gasteiger partial charge is 0.270 e. The molecule has 4 bridgehead atoms. The van der Waals surface area contributed by atoms with Gasteiger partial charge in [-0.1, -0.05) is 0 Å². The molecule has 4 saturated carbocycles. The van der Waals surface area contributed by atoms with Gasteiger partial charge in [0.15, 0.2) is 0 Å². The molecule has 4 fully saturated rings. The fraction of sp³-hybridized carbons (Fsp3) is 0.417. The number of hydrogen-bond acceptors (Lipinski definition) is 5. The van der Waals surface area contributed by atoms with Gasteiger partial charge < -0.3 is 10.4 Å². The largest absolute Gasteiger partial charge is 0.507 e. The summed E-state index contributed by atoms with van der Waals surface area (Å²) < 4.78 is 0. The van der Waals surface area contributed by atoms with Gasteiger partial charge in [-0.3, -0.25) is 19.9 Å². The molecule has 2 N–H and O–H groups in total. The monoisotopic (exact) mass is 419 g/mol. The molecule has 0 heterocycles. The number of nitro benzene ring substituents is 1. The highest BCUT2D eigenvalue weighted by Crippen LogP contribution is 2.60. The van der Waals surface area contributed by atoms with Gasteiger partial charge in [-0.25, -0.2) is 0 Å². The highest BCUT2D eigenvalue weighted by Gasteiger charge is 2.54. The second kappa shape index (κ2) is 7.48. The van der Waals surface area contributed by atoms with Crippen LogP contribution in [0.15, 0.2) is 47.5 Å². The molecule has 0 radical (unpaired) electrons. The van der Waals surface area contributed by atoms with Crippen molar-refractivity contribution in [2.45, 2.75) is 38.5 Å². The van der Waals surface area contributed by atoms with Gasteiger partial charge in [-0.2, -0.15) is 0 Å². The minimum absolute atomic E-state index is 0.0752. The molecule has 7 heteroatoms. The number of phenols is 1. The first-order valence-electron chi connectivity index (χ1n) is 10.8. The van der Waals surface area contributed by atoms with Crippen molar-refractivity contribution in [3.8, 4) is 5.75 Å². The molecule has 6 rings (SSSR count). The van der Waals surface area contributed by atoms with Crippen molar-refractivity contribution >= 4 is 29.2 Å². The van der Waals surface area contributed by atoms with Crippen LogP contribution in [-0.4, -0.2) is 22.2 Å². The lowest BCUT2D eigenvalue weighted by Gasteiger charge is -2.55. The van der Waals surface area contributed by atoms with E-state index in [1.54, 1.807) is 12.1 Å². The number of hydrogen-bond donors (Lipinski definition) is 2. The lowest BCUT2D eigenvalue weighted by Crippen LogP contribution is -2.51. The third kappa shape index (κ3) is 3.80. The van der Waals surface area contributed by atoms with Crippen molar-refractivity contribution in [2.75, 3.05) is 5.32 Å². The first kappa shape index (κ1) is 19.7. The summed E-state index contributed by atoms with van der Waals surface area (Å²) in [4.78, 5) is 27.8. The van der Waals surface area contributed by atoms with Crippen LogP contribution < -0.4 is 5.32 Å². The van der Waals surface area contributed by atoms with Crippen LogP contribution in [0.2, 0.25) is 0 Å². The molecule has 7 nitrogen and oxygen atoms in total. The molecule has 2 aromatic carbocycles. The van der Waals surface area contributed by atoms with Crippen LogP contribution in [0.25, 0.3) is 0 Å². The highest BCUT2D eigenvalue weighted by molar-refractivity contribution is 5.96. The second-order valence-electron chi connectivity index (χ2n) is 9.46. The quantitative estimate of drug-likeness (QED) is 0.394. The van der Waals surface area contributed by atoms with Crippen LogP contribution in [0.4, 0.5) is 17.1 Å². The predicted molar refractivity (Wildman–Crippen MR) is 118 cm³/mol. The molecular weight excluding hydrogens is 394 g/mol. The van der Waals surface area contributed by atoms with Crippen LogP contribution in [0.5, 0.6) is 5.75 Å². The number of anilines is 1. The lowest BCUT2D eigenvalue weighted by molar-refractivity contribution is -0.384. The van der Waals surface area contributed by atoms with E-state index in [0.29, 0.717) is 5.69 Å². The number of aliphatic imine (C=N–C) groups is 1. The number of carbonyl (C=O) groups is 1. The van der Waals surface area contributed by atoms with Gasteiger partial charge in [0, 0.05) is 29.6 Å². The topological polar surface area (TPSA) is 105 Å². The summed E-state index contributed by atoms with van der Waals surface area (Å²) >= 11 is 0. The molecule has 0 spiro atoms. The normalized spacial score (nSPS) is 28.7. The van der Waals surface area contributed by atoms with Crippen molar-refractivity contribution in [1.29, 1.82) is 0 Å². The average Bonchev–Trinajstić information content (AvgIpc) is 2.73. The highest BCUT2D eigenvalue weighted by atomic mass is 16.6. The number of benzene rings is 2. The van der Waals surface area contributed by atoms with Crippen LogP contribution in [0, 0.1) is 33.3 Å². The fourth-order valence-corrected chi connectivity index (χ4v) is 6.19. The number of nitrogens with zero attached hydrogens (tertiary/aromatic N) is 2. The fourth-order valence-electron chi connectivity index (χ4n) is 6.19. The van der Waals surface area contributed by atoms with Crippen molar-refractivity contribution in [1.82, 2.24) is 0 Å². The number of aromatic hydroxyl groups is 1. The van der Waals surface area contributed by atoms with Crippen molar-refractivity contribution < 1.29 is 14.8 Å². The third-order valence-corrected chi connectivity index (χ3v) is 7.22. The van der Waals surface area contributed by atoms with Gasteiger partial charge in [0.25, 0.3) is 5.69 Å². The van der Waals surface area contributed by atoms with Gasteiger partial charge >= 0.3 is 0 Å². The Bertz CT molecular complexity index is 1030. The van der Waals surface area contributed by atoms with E-state index in [4.69, 9.17) is 0 Å². The summed E-state index contributed by atoms with van der Waals surface area (Å²) in [6, 6.07) is 11.0. The van der Waals surface area contributed by atoms with E-state index < -0.39 is 4.92 Å². The first-order chi connectivity index (χ1) is 14.9. The summed E-state index contributed by atoms with van der Waals surface area (Å²) in [7, 11) is 0. The Kier molecular flexibility index (Phi) is 4.76. The van der Waals surface area contributed by atoms with Crippen LogP contribution >= 0.6 is 0 Å².